The van der Waals surface area contributed by atoms with Gasteiger partial charge >= 0.3 is 0 Å². The van der Waals surface area contributed by atoms with E-state index in [9.17, 15) is 0 Å². The Hall–Kier alpha value is -1.06. The molecule has 2 rings (SSSR count). The average molecular weight is 277 g/mol. The maximum absolute atomic E-state index is 6.00. The summed E-state index contributed by atoms with van der Waals surface area (Å²) in [7, 11) is 0. The molecule has 20 heavy (non-hydrogen) atoms. The first-order valence-corrected chi connectivity index (χ1v) is 7.79. The Kier molecular flexibility index (Phi) is 5.86. The summed E-state index contributed by atoms with van der Waals surface area (Å²) < 4.78 is 11.6. The Bertz CT molecular complexity index is 413. The van der Waals surface area contributed by atoms with E-state index in [1.165, 1.54) is 24.0 Å². The lowest BCUT2D eigenvalue weighted by Crippen LogP contribution is -2.19. The summed E-state index contributed by atoms with van der Waals surface area (Å²) in [5, 5.41) is 3.46. The van der Waals surface area contributed by atoms with Gasteiger partial charge in [-0.2, -0.15) is 0 Å². The average Bonchev–Trinajstić information content (AvgIpc) is 2.94. The molecule has 1 fully saturated rings. The highest BCUT2D eigenvalue weighted by atomic mass is 16.5. The largest absolute Gasteiger partial charge is 0.493 e. The highest BCUT2D eigenvalue weighted by molar-refractivity contribution is 5.39. The van der Waals surface area contributed by atoms with Gasteiger partial charge in [-0.15, -0.1) is 0 Å². The first-order chi connectivity index (χ1) is 9.70. The SMILES string of the molecule is CCNC(C)c1cc(C)ccc1OCCC1CCCO1. The molecule has 0 spiro atoms. The monoisotopic (exact) mass is 277 g/mol. The van der Waals surface area contributed by atoms with Crippen LogP contribution in [0, 0.1) is 6.92 Å². The second-order valence-electron chi connectivity index (χ2n) is 5.59. The fourth-order valence-corrected chi connectivity index (χ4v) is 2.73. The Morgan fingerprint density at radius 1 is 1.45 bits per heavy atom. The van der Waals surface area contributed by atoms with Crippen molar-refractivity contribution in [3.63, 3.8) is 0 Å². The fraction of sp³-hybridized carbons (Fsp3) is 0.647. The third-order valence-electron chi connectivity index (χ3n) is 3.86. The van der Waals surface area contributed by atoms with Gasteiger partial charge in [-0.1, -0.05) is 24.6 Å². The van der Waals surface area contributed by atoms with E-state index < -0.39 is 0 Å². The van der Waals surface area contributed by atoms with E-state index in [-0.39, 0.29) is 0 Å². The van der Waals surface area contributed by atoms with Gasteiger partial charge in [0.2, 0.25) is 0 Å². The molecule has 3 heteroatoms. The van der Waals surface area contributed by atoms with Crippen LogP contribution in [0.3, 0.4) is 0 Å². The van der Waals surface area contributed by atoms with Crippen molar-refractivity contribution in [1.82, 2.24) is 5.32 Å². The van der Waals surface area contributed by atoms with Crippen LogP contribution in [0.25, 0.3) is 0 Å². The molecule has 1 aromatic rings. The minimum atomic E-state index is 0.317. The van der Waals surface area contributed by atoms with Crippen molar-refractivity contribution in [1.29, 1.82) is 0 Å². The number of rotatable bonds is 7. The number of aryl methyl sites for hydroxylation is 1. The molecule has 0 bridgehead atoms. The van der Waals surface area contributed by atoms with Crippen LogP contribution >= 0.6 is 0 Å². The summed E-state index contributed by atoms with van der Waals surface area (Å²) in [5.74, 6) is 1.00. The molecule has 112 valence electrons. The van der Waals surface area contributed by atoms with Crippen molar-refractivity contribution in [3.05, 3.63) is 29.3 Å². The fourth-order valence-electron chi connectivity index (χ4n) is 2.73. The van der Waals surface area contributed by atoms with E-state index in [1.54, 1.807) is 0 Å². The first kappa shape index (κ1) is 15.3. The molecule has 2 unspecified atom stereocenters. The van der Waals surface area contributed by atoms with Gasteiger partial charge in [0, 0.05) is 24.6 Å². The van der Waals surface area contributed by atoms with Crippen LogP contribution in [0.2, 0.25) is 0 Å². The molecule has 1 aliphatic heterocycles. The lowest BCUT2D eigenvalue weighted by atomic mass is 10.0. The minimum absolute atomic E-state index is 0.317. The molecule has 1 heterocycles. The van der Waals surface area contributed by atoms with Gasteiger partial charge in [0.1, 0.15) is 5.75 Å². The lowest BCUT2D eigenvalue weighted by Gasteiger charge is -2.19. The zero-order valence-electron chi connectivity index (χ0n) is 12.9. The molecule has 1 aliphatic rings. The second kappa shape index (κ2) is 7.65. The third-order valence-corrected chi connectivity index (χ3v) is 3.86. The Balaban J connectivity index is 1.94. The summed E-state index contributed by atoms with van der Waals surface area (Å²) in [5.41, 5.74) is 2.52. The lowest BCUT2D eigenvalue weighted by molar-refractivity contribution is 0.0901. The normalized spacial score (nSPS) is 20.1. The van der Waals surface area contributed by atoms with Crippen LogP contribution < -0.4 is 10.1 Å². The molecule has 1 aromatic carbocycles. The number of ether oxygens (including phenoxy) is 2. The third kappa shape index (κ3) is 4.22. The van der Waals surface area contributed by atoms with Crippen molar-refractivity contribution >= 4 is 0 Å². The van der Waals surface area contributed by atoms with Crippen LogP contribution in [0.5, 0.6) is 5.75 Å². The molecule has 1 saturated heterocycles. The molecule has 0 aliphatic carbocycles. The van der Waals surface area contributed by atoms with Gasteiger partial charge in [0.05, 0.1) is 12.7 Å². The molecule has 2 atom stereocenters. The molecule has 0 saturated carbocycles. The molecule has 3 nitrogen and oxygen atoms in total. The van der Waals surface area contributed by atoms with Crippen LogP contribution in [-0.4, -0.2) is 25.9 Å². The molecule has 1 N–H and O–H groups in total. The van der Waals surface area contributed by atoms with E-state index in [4.69, 9.17) is 9.47 Å². The summed E-state index contributed by atoms with van der Waals surface area (Å²) in [4.78, 5) is 0. The zero-order chi connectivity index (χ0) is 14.4. The van der Waals surface area contributed by atoms with E-state index in [0.29, 0.717) is 12.1 Å². The first-order valence-electron chi connectivity index (χ1n) is 7.79. The summed E-state index contributed by atoms with van der Waals surface area (Å²) in [6, 6.07) is 6.74. The van der Waals surface area contributed by atoms with Crippen molar-refractivity contribution < 1.29 is 9.47 Å². The van der Waals surface area contributed by atoms with Gasteiger partial charge < -0.3 is 14.8 Å². The van der Waals surface area contributed by atoms with Gasteiger partial charge in [-0.05, 0) is 39.3 Å². The smallest absolute Gasteiger partial charge is 0.124 e. The van der Waals surface area contributed by atoms with Crippen molar-refractivity contribution in [2.24, 2.45) is 0 Å². The Labute approximate surface area is 122 Å². The van der Waals surface area contributed by atoms with Crippen molar-refractivity contribution in [2.45, 2.75) is 52.2 Å². The van der Waals surface area contributed by atoms with Gasteiger partial charge in [0.15, 0.2) is 0 Å². The van der Waals surface area contributed by atoms with Crippen LogP contribution in [0.4, 0.5) is 0 Å². The summed E-state index contributed by atoms with van der Waals surface area (Å²) >= 11 is 0. The highest BCUT2D eigenvalue weighted by Gasteiger charge is 2.16. The Morgan fingerprint density at radius 2 is 2.30 bits per heavy atom. The van der Waals surface area contributed by atoms with Crippen LogP contribution in [-0.2, 0) is 4.74 Å². The zero-order valence-corrected chi connectivity index (χ0v) is 12.9. The number of benzene rings is 1. The number of hydrogen-bond donors (Lipinski definition) is 1. The summed E-state index contributed by atoms with van der Waals surface area (Å²) in [6.07, 6.45) is 3.76. The van der Waals surface area contributed by atoms with Crippen molar-refractivity contribution in [2.75, 3.05) is 19.8 Å². The maximum atomic E-state index is 6.00. The van der Waals surface area contributed by atoms with Crippen molar-refractivity contribution in [3.8, 4) is 5.75 Å². The predicted molar refractivity (Wildman–Crippen MR) is 82.4 cm³/mol. The number of hydrogen-bond acceptors (Lipinski definition) is 3. The molecular weight excluding hydrogens is 250 g/mol. The topological polar surface area (TPSA) is 30.5 Å². The van der Waals surface area contributed by atoms with Crippen LogP contribution in [0.1, 0.15) is 50.3 Å². The van der Waals surface area contributed by atoms with E-state index >= 15 is 0 Å². The molecule has 0 radical (unpaired) electrons. The predicted octanol–water partition coefficient (Wildman–Crippen LogP) is 3.61. The standard InChI is InChI=1S/C17H27NO2/c1-4-18-14(3)16-12-13(2)7-8-17(16)20-11-9-15-6-5-10-19-15/h7-8,12,14-15,18H,4-6,9-11H2,1-3H3. The number of nitrogens with one attached hydrogen (secondary N) is 1. The quantitative estimate of drug-likeness (QED) is 0.826. The van der Waals surface area contributed by atoms with Crippen LogP contribution in [0.15, 0.2) is 18.2 Å². The van der Waals surface area contributed by atoms with E-state index in [2.05, 4.69) is 44.3 Å². The Morgan fingerprint density at radius 3 is 3.00 bits per heavy atom. The van der Waals surface area contributed by atoms with E-state index in [1.807, 2.05) is 0 Å². The maximum Gasteiger partial charge on any atom is 0.124 e. The molecule has 0 aromatic heterocycles. The highest BCUT2D eigenvalue weighted by Crippen LogP contribution is 2.27. The molecule has 0 amide bonds. The summed E-state index contributed by atoms with van der Waals surface area (Å²) in [6.45, 7) is 9.05. The minimum Gasteiger partial charge on any atom is -0.493 e. The molecular formula is C17H27NO2. The van der Waals surface area contributed by atoms with Gasteiger partial charge in [-0.25, -0.2) is 0 Å². The van der Waals surface area contributed by atoms with Gasteiger partial charge in [0.25, 0.3) is 0 Å². The van der Waals surface area contributed by atoms with E-state index in [0.717, 1.165) is 31.9 Å². The second-order valence-corrected chi connectivity index (χ2v) is 5.59. The van der Waals surface area contributed by atoms with Gasteiger partial charge in [-0.3, -0.25) is 0 Å².